The second-order valence-electron chi connectivity index (χ2n) is 4.05. The lowest BCUT2D eigenvalue weighted by Crippen LogP contribution is -2.36. The fourth-order valence-electron chi connectivity index (χ4n) is 1.77. The van der Waals surface area contributed by atoms with Crippen molar-refractivity contribution in [1.29, 1.82) is 0 Å². The van der Waals surface area contributed by atoms with Crippen LogP contribution >= 0.6 is 0 Å². The summed E-state index contributed by atoms with van der Waals surface area (Å²) in [5.74, 6) is 1.27. The SMILES string of the molecule is CC(C)C(N=C(N)NO)C1CCC1. The predicted octanol–water partition coefficient (Wildman–Crippen LogP) is 1.10. The van der Waals surface area contributed by atoms with E-state index in [4.69, 9.17) is 10.9 Å². The highest BCUT2D eigenvalue weighted by Crippen LogP contribution is 2.34. The van der Waals surface area contributed by atoms with Crippen LogP contribution in [0, 0.1) is 11.8 Å². The van der Waals surface area contributed by atoms with Gasteiger partial charge in [0, 0.05) is 0 Å². The van der Waals surface area contributed by atoms with Crippen LogP contribution in [0.15, 0.2) is 4.99 Å². The maximum atomic E-state index is 8.53. The van der Waals surface area contributed by atoms with Gasteiger partial charge in [0.05, 0.1) is 6.04 Å². The van der Waals surface area contributed by atoms with Crippen molar-refractivity contribution in [2.75, 3.05) is 0 Å². The Morgan fingerprint density at radius 3 is 2.46 bits per heavy atom. The summed E-state index contributed by atoms with van der Waals surface area (Å²) < 4.78 is 0. The Morgan fingerprint density at radius 1 is 1.54 bits per heavy atom. The number of hydrogen-bond acceptors (Lipinski definition) is 2. The zero-order valence-electron chi connectivity index (χ0n) is 8.33. The first-order chi connectivity index (χ1) is 6.15. The van der Waals surface area contributed by atoms with E-state index in [-0.39, 0.29) is 12.0 Å². The number of hydroxylamine groups is 1. The second-order valence-corrected chi connectivity index (χ2v) is 4.05. The first kappa shape index (κ1) is 10.3. The number of aliphatic imine (C=N–C) groups is 1. The van der Waals surface area contributed by atoms with Crippen LogP contribution in [0.4, 0.5) is 0 Å². The summed E-state index contributed by atoms with van der Waals surface area (Å²) in [4.78, 5) is 4.25. The number of nitrogens with one attached hydrogen (secondary N) is 1. The normalized spacial score (nSPS) is 21.4. The van der Waals surface area contributed by atoms with Crippen LogP contribution in [0.5, 0.6) is 0 Å². The maximum Gasteiger partial charge on any atom is 0.213 e. The van der Waals surface area contributed by atoms with Gasteiger partial charge in [-0.1, -0.05) is 20.3 Å². The number of nitrogens with zero attached hydrogens (tertiary/aromatic N) is 1. The van der Waals surface area contributed by atoms with Gasteiger partial charge in [-0.3, -0.25) is 5.21 Å². The van der Waals surface area contributed by atoms with Crippen molar-refractivity contribution in [3.63, 3.8) is 0 Å². The van der Waals surface area contributed by atoms with E-state index in [9.17, 15) is 0 Å². The summed E-state index contributed by atoms with van der Waals surface area (Å²) in [7, 11) is 0. The highest BCUT2D eigenvalue weighted by Gasteiger charge is 2.29. The van der Waals surface area contributed by atoms with Crippen molar-refractivity contribution in [3.8, 4) is 0 Å². The van der Waals surface area contributed by atoms with Crippen molar-refractivity contribution in [2.24, 2.45) is 22.6 Å². The van der Waals surface area contributed by atoms with Crippen LogP contribution in [-0.4, -0.2) is 17.2 Å². The number of guanidine groups is 1. The zero-order valence-corrected chi connectivity index (χ0v) is 8.33. The summed E-state index contributed by atoms with van der Waals surface area (Å²) in [6.45, 7) is 4.27. The van der Waals surface area contributed by atoms with Crippen LogP contribution in [0.3, 0.4) is 0 Å². The monoisotopic (exact) mass is 185 g/mol. The Hall–Kier alpha value is -0.770. The van der Waals surface area contributed by atoms with Gasteiger partial charge in [-0.25, -0.2) is 10.5 Å². The molecular formula is C9H19N3O. The van der Waals surface area contributed by atoms with E-state index in [0.717, 1.165) is 0 Å². The van der Waals surface area contributed by atoms with E-state index in [2.05, 4.69) is 18.8 Å². The Bertz CT molecular complexity index is 187. The van der Waals surface area contributed by atoms with Gasteiger partial charge in [-0.2, -0.15) is 0 Å². The molecule has 0 saturated heterocycles. The van der Waals surface area contributed by atoms with Gasteiger partial charge in [0.15, 0.2) is 0 Å². The Balaban J connectivity index is 2.56. The molecule has 0 amide bonds. The molecule has 1 rings (SSSR count). The molecule has 4 heteroatoms. The van der Waals surface area contributed by atoms with Gasteiger partial charge in [0.25, 0.3) is 0 Å². The summed E-state index contributed by atoms with van der Waals surface area (Å²) in [6, 6.07) is 0.258. The molecule has 0 aromatic carbocycles. The van der Waals surface area contributed by atoms with Gasteiger partial charge in [0.2, 0.25) is 5.96 Å². The summed E-state index contributed by atoms with van der Waals surface area (Å²) >= 11 is 0. The van der Waals surface area contributed by atoms with E-state index in [1.807, 2.05) is 5.48 Å². The van der Waals surface area contributed by atoms with E-state index < -0.39 is 0 Å². The van der Waals surface area contributed by atoms with Gasteiger partial charge >= 0.3 is 0 Å². The lowest BCUT2D eigenvalue weighted by molar-refractivity contribution is 0.212. The van der Waals surface area contributed by atoms with E-state index >= 15 is 0 Å². The van der Waals surface area contributed by atoms with Gasteiger partial charge < -0.3 is 5.73 Å². The first-order valence-electron chi connectivity index (χ1n) is 4.88. The molecule has 13 heavy (non-hydrogen) atoms. The summed E-state index contributed by atoms with van der Waals surface area (Å²) in [5, 5.41) is 8.53. The molecule has 1 fully saturated rings. The topological polar surface area (TPSA) is 70.6 Å². The van der Waals surface area contributed by atoms with Gasteiger partial charge in [0.1, 0.15) is 0 Å². The second kappa shape index (κ2) is 4.46. The third-order valence-electron chi connectivity index (χ3n) is 2.72. The highest BCUT2D eigenvalue weighted by atomic mass is 16.5. The molecule has 1 aliphatic carbocycles. The molecular weight excluding hydrogens is 166 g/mol. The summed E-state index contributed by atoms with van der Waals surface area (Å²) in [5.41, 5.74) is 7.30. The van der Waals surface area contributed by atoms with Crippen molar-refractivity contribution < 1.29 is 5.21 Å². The van der Waals surface area contributed by atoms with Crippen LogP contribution in [0.1, 0.15) is 33.1 Å². The van der Waals surface area contributed by atoms with Crippen LogP contribution in [0.25, 0.3) is 0 Å². The van der Waals surface area contributed by atoms with Crippen molar-refractivity contribution in [2.45, 2.75) is 39.2 Å². The fraction of sp³-hybridized carbons (Fsp3) is 0.889. The average molecular weight is 185 g/mol. The third-order valence-corrected chi connectivity index (χ3v) is 2.72. The van der Waals surface area contributed by atoms with Crippen LogP contribution in [-0.2, 0) is 0 Å². The third kappa shape index (κ3) is 2.59. The molecule has 0 bridgehead atoms. The smallest absolute Gasteiger partial charge is 0.213 e. The molecule has 0 aliphatic heterocycles. The maximum absolute atomic E-state index is 8.53. The predicted molar refractivity (Wildman–Crippen MR) is 52.5 cm³/mol. The van der Waals surface area contributed by atoms with Gasteiger partial charge in [-0.05, 0) is 24.7 Å². The molecule has 0 heterocycles. The molecule has 1 unspecified atom stereocenters. The number of rotatable bonds is 3. The molecule has 0 spiro atoms. The molecule has 0 aromatic heterocycles. The van der Waals surface area contributed by atoms with E-state index in [0.29, 0.717) is 11.8 Å². The molecule has 4 N–H and O–H groups in total. The molecule has 1 atom stereocenters. The highest BCUT2D eigenvalue weighted by molar-refractivity contribution is 5.76. The first-order valence-corrected chi connectivity index (χ1v) is 4.88. The minimum absolute atomic E-state index is 0.130. The average Bonchev–Trinajstić information content (AvgIpc) is 1.99. The minimum Gasteiger partial charge on any atom is -0.368 e. The lowest BCUT2D eigenvalue weighted by atomic mass is 9.76. The van der Waals surface area contributed by atoms with Crippen molar-refractivity contribution in [1.82, 2.24) is 5.48 Å². The van der Waals surface area contributed by atoms with Crippen molar-refractivity contribution >= 4 is 5.96 Å². The fourth-order valence-corrected chi connectivity index (χ4v) is 1.77. The Kier molecular flexibility index (Phi) is 3.54. The number of hydrogen-bond donors (Lipinski definition) is 3. The summed E-state index contributed by atoms with van der Waals surface area (Å²) in [6.07, 6.45) is 3.78. The van der Waals surface area contributed by atoms with Crippen LogP contribution in [0.2, 0.25) is 0 Å². The Labute approximate surface area is 79.2 Å². The molecule has 4 nitrogen and oxygen atoms in total. The van der Waals surface area contributed by atoms with Crippen LogP contribution < -0.4 is 11.2 Å². The standard InChI is InChI=1S/C9H19N3O/c1-6(2)8(7-4-3-5-7)11-9(10)12-13/h6-8,13H,3-5H2,1-2H3,(H3,10,11,12). The zero-order chi connectivity index (χ0) is 9.84. The number of nitrogens with two attached hydrogens (primary N) is 1. The molecule has 0 aromatic rings. The van der Waals surface area contributed by atoms with Gasteiger partial charge in [-0.15, -0.1) is 0 Å². The van der Waals surface area contributed by atoms with Crippen molar-refractivity contribution in [3.05, 3.63) is 0 Å². The molecule has 1 aliphatic rings. The Morgan fingerprint density at radius 2 is 2.15 bits per heavy atom. The largest absolute Gasteiger partial charge is 0.368 e. The lowest BCUT2D eigenvalue weighted by Gasteiger charge is -2.33. The minimum atomic E-state index is 0.130. The van der Waals surface area contributed by atoms with E-state index in [1.54, 1.807) is 0 Å². The molecule has 1 saturated carbocycles. The molecule has 76 valence electrons. The quantitative estimate of drug-likeness (QED) is 0.350. The van der Waals surface area contributed by atoms with E-state index in [1.165, 1.54) is 19.3 Å². The molecule has 0 radical (unpaired) electrons.